The van der Waals surface area contributed by atoms with Crippen LogP contribution in [-0.2, 0) is 11.3 Å². The Balaban J connectivity index is 2.45. The highest BCUT2D eigenvalue weighted by atomic mass is 35.5. The molecule has 1 amide bonds. The molecule has 0 spiro atoms. The van der Waals surface area contributed by atoms with Gasteiger partial charge in [0.2, 0.25) is 5.91 Å². The van der Waals surface area contributed by atoms with Gasteiger partial charge in [0, 0.05) is 36.6 Å². The summed E-state index contributed by atoms with van der Waals surface area (Å²) in [5.41, 5.74) is 0.752. The first kappa shape index (κ1) is 15.6. The zero-order valence-corrected chi connectivity index (χ0v) is 12.3. The van der Waals surface area contributed by atoms with Crippen LogP contribution in [0.5, 0.6) is 0 Å². The van der Waals surface area contributed by atoms with Crippen molar-refractivity contribution in [3.63, 3.8) is 0 Å². The lowest BCUT2D eigenvalue weighted by Gasteiger charge is -2.09. The first-order valence-electron chi connectivity index (χ1n) is 5.66. The molecule has 0 fully saturated rings. The number of benzene rings is 1. The summed E-state index contributed by atoms with van der Waals surface area (Å²) >= 11 is 18.0. The highest BCUT2D eigenvalue weighted by Crippen LogP contribution is 2.31. The SMILES string of the molecule is CCNC(=O)CCNCc1c(Cl)ccc(Cl)c1Cl. The third-order valence-electron chi connectivity index (χ3n) is 2.34. The second-order valence-corrected chi connectivity index (χ2v) is 4.89. The van der Waals surface area contributed by atoms with E-state index in [9.17, 15) is 4.79 Å². The van der Waals surface area contributed by atoms with Gasteiger partial charge in [0.05, 0.1) is 10.0 Å². The number of halogens is 3. The quantitative estimate of drug-likeness (QED) is 0.625. The lowest BCUT2D eigenvalue weighted by molar-refractivity contribution is -0.120. The van der Waals surface area contributed by atoms with Crippen LogP contribution in [0.3, 0.4) is 0 Å². The van der Waals surface area contributed by atoms with E-state index in [2.05, 4.69) is 10.6 Å². The smallest absolute Gasteiger partial charge is 0.221 e. The van der Waals surface area contributed by atoms with Crippen LogP contribution >= 0.6 is 34.8 Å². The summed E-state index contributed by atoms with van der Waals surface area (Å²) in [6.45, 7) is 3.57. The third kappa shape index (κ3) is 4.65. The van der Waals surface area contributed by atoms with Gasteiger partial charge in [0.15, 0.2) is 0 Å². The average molecular weight is 310 g/mol. The molecule has 0 heterocycles. The molecule has 0 aliphatic heterocycles. The van der Waals surface area contributed by atoms with Gasteiger partial charge in [-0.05, 0) is 19.1 Å². The Bertz CT molecular complexity index is 424. The molecule has 3 nitrogen and oxygen atoms in total. The van der Waals surface area contributed by atoms with Crippen molar-refractivity contribution in [3.05, 3.63) is 32.8 Å². The molecule has 100 valence electrons. The van der Waals surface area contributed by atoms with Gasteiger partial charge in [-0.2, -0.15) is 0 Å². The van der Waals surface area contributed by atoms with E-state index < -0.39 is 0 Å². The maximum Gasteiger partial charge on any atom is 0.221 e. The molecule has 0 atom stereocenters. The molecule has 0 aromatic heterocycles. The summed E-state index contributed by atoms with van der Waals surface area (Å²) in [7, 11) is 0. The molecule has 1 rings (SSSR count). The Kier molecular flexibility index (Phi) is 6.79. The Labute approximate surface area is 122 Å². The van der Waals surface area contributed by atoms with Crippen molar-refractivity contribution in [1.29, 1.82) is 0 Å². The predicted octanol–water partition coefficient (Wildman–Crippen LogP) is 3.26. The zero-order valence-electron chi connectivity index (χ0n) is 10.0. The monoisotopic (exact) mass is 308 g/mol. The van der Waals surface area contributed by atoms with Gasteiger partial charge < -0.3 is 10.6 Å². The first-order valence-corrected chi connectivity index (χ1v) is 6.79. The lowest BCUT2D eigenvalue weighted by atomic mass is 10.2. The van der Waals surface area contributed by atoms with E-state index in [1.807, 2.05) is 6.92 Å². The van der Waals surface area contributed by atoms with Crippen LogP contribution in [0.4, 0.5) is 0 Å². The summed E-state index contributed by atoms with van der Waals surface area (Å²) < 4.78 is 0. The minimum Gasteiger partial charge on any atom is -0.356 e. The van der Waals surface area contributed by atoms with Crippen LogP contribution in [0.1, 0.15) is 18.9 Å². The summed E-state index contributed by atoms with van der Waals surface area (Å²) in [4.78, 5) is 11.2. The van der Waals surface area contributed by atoms with Crippen molar-refractivity contribution >= 4 is 40.7 Å². The highest BCUT2D eigenvalue weighted by molar-refractivity contribution is 6.44. The Morgan fingerprint density at radius 2 is 1.89 bits per heavy atom. The van der Waals surface area contributed by atoms with E-state index in [0.717, 1.165) is 5.56 Å². The summed E-state index contributed by atoms with van der Waals surface area (Å²) in [6, 6.07) is 3.36. The van der Waals surface area contributed by atoms with Crippen molar-refractivity contribution in [2.45, 2.75) is 19.9 Å². The molecule has 0 bridgehead atoms. The van der Waals surface area contributed by atoms with Crippen LogP contribution in [0, 0.1) is 0 Å². The fourth-order valence-corrected chi connectivity index (χ4v) is 2.11. The maximum atomic E-state index is 11.2. The van der Waals surface area contributed by atoms with Gasteiger partial charge in [-0.3, -0.25) is 4.79 Å². The van der Waals surface area contributed by atoms with Crippen LogP contribution in [0.2, 0.25) is 15.1 Å². The second-order valence-electron chi connectivity index (χ2n) is 3.70. The molecule has 1 aromatic carbocycles. The van der Waals surface area contributed by atoms with Crippen molar-refractivity contribution in [2.75, 3.05) is 13.1 Å². The molecule has 6 heteroatoms. The largest absolute Gasteiger partial charge is 0.356 e. The Morgan fingerprint density at radius 1 is 1.22 bits per heavy atom. The summed E-state index contributed by atoms with van der Waals surface area (Å²) in [5, 5.41) is 7.33. The van der Waals surface area contributed by atoms with Gasteiger partial charge in [-0.1, -0.05) is 34.8 Å². The van der Waals surface area contributed by atoms with Crippen molar-refractivity contribution < 1.29 is 4.79 Å². The van der Waals surface area contributed by atoms with Crippen molar-refractivity contribution in [3.8, 4) is 0 Å². The molecule has 0 saturated heterocycles. The number of hydrogen-bond acceptors (Lipinski definition) is 2. The molecule has 2 N–H and O–H groups in total. The average Bonchev–Trinajstić information content (AvgIpc) is 2.33. The van der Waals surface area contributed by atoms with Crippen LogP contribution in [0.25, 0.3) is 0 Å². The standard InChI is InChI=1S/C12H15Cl3N2O/c1-2-17-11(18)5-6-16-7-8-9(13)3-4-10(14)12(8)15/h3-4,16H,2,5-7H2,1H3,(H,17,18). The van der Waals surface area contributed by atoms with Crippen LogP contribution in [-0.4, -0.2) is 19.0 Å². The van der Waals surface area contributed by atoms with Gasteiger partial charge in [-0.25, -0.2) is 0 Å². The molecule has 18 heavy (non-hydrogen) atoms. The van der Waals surface area contributed by atoms with E-state index in [-0.39, 0.29) is 5.91 Å². The van der Waals surface area contributed by atoms with Crippen molar-refractivity contribution in [2.24, 2.45) is 0 Å². The van der Waals surface area contributed by atoms with Gasteiger partial charge in [0.25, 0.3) is 0 Å². The second kappa shape index (κ2) is 7.85. The topological polar surface area (TPSA) is 41.1 Å². The van der Waals surface area contributed by atoms with Crippen LogP contribution in [0.15, 0.2) is 12.1 Å². The number of hydrogen-bond donors (Lipinski definition) is 2. The number of nitrogens with one attached hydrogen (secondary N) is 2. The fourth-order valence-electron chi connectivity index (χ4n) is 1.43. The third-order valence-corrected chi connectivity index (χ3v) is 3.54. The molecule has 0 aliphatic rings. The molecule has 0 saturated carbocycles. The van der Waals surface area contributed by atoms with Gasteiger partial charge >= 0.3 is 0 Å². The van der Waals surface area contributed by atoms with E-state index in [1.165, 1.54) is 0 Å². The van der Waals surface area contributed by atoms with E-state index in [1.54, 1.807) is 12.1 Å². The Hall–Kier alpha value is -0.480. The number of carbonyl (C=O) groups is 1. The highest BCUT2D eigenvalue weighted by Gasteiger charge is 2.09. The summed E-state index contributed by atoms with van der Waals surface area (Å²) in [6.07, 6.45) is 0.420. The molecule has 0 aliphatic carbocycles. The fraction of sp³-hybridized carbons (Fsp3) is 0.417. The lowest BCUT2D eigenvalue weighted by Crippen LogP contribution is -2.27. The maximum absolute atomic E-state index is 11.2. The number of carbonyl (C=O) groups excluding carboxylic acids is 1. The minimum atomic E-state index is 0.0216. The molecule has 0 radical (unpaired) electrons. The molecular formula is C12H15Cl3N2O. The first-order chi connectivity index (χ1) is 8.56. The Morgan fingerprint density at radius 3 is 2.56 bits per heavy atom. The number of rotatable bonds is 6. The van der Waals surface area contributed by atoms with Gasteiger partial charge in [-0.15, -0.1) is 0 Å². The van der Waals surface area contributed by atoms with E-state index >= 15 is 0 Å². The van der Waals surface area contributed by atoms with E-state index in [0.29, 0.717) is 41.1 Å². The van der Waals surface area contributed by atoms with Crippen LogP contribution < -0.4 is 10.6 Å². The molecule has 0 unspecified atom stereocenters. The predicted molar refractivity (Wildman–Crippen MR) is 76.5 cm³/mol. The summed E-state index contributed by atoms with van der Waals surface area (Å²) in [5.74, 6) is 0.0216. The van der Waals surface area contributed by atoms with E-state index in [4.69, 9.17) is 34.8 Å². The minimum absolute atomic E-state index is 0.0216. The van der Waals surface area contributed by atoms with Crippen molar-refractivity contribution in [1.82, 2.24) is 10.6 Å². The molecule has 1 aromatic rings. The normalized spacial score (nSPS) is 10.4. The number of amides is 1. The van der Waals surface area contributed by atoms with Gasteiger partial charge in [0.1, 0.15) is 0 Å². The molecular weight excluding hydrogens is 295 g/mol. The zero-order chi connectivity index (χ0) is 13.5.